The summed E-state index contributed by atoms with van der Waals surface area (Å²) in [6.45, 7) is 5.53. The highest BCUT2D eigenvalue weighted by Gasteiger charge is 2.21. The van der Waals surface area contributed by atoms with Crippen molar-refractivity contribution in [3.63, 3.8) is 0 Å². The quantitative estimate of drug-likeness (QED) is 0.352. The molecule has 0 bridgehead atoms. The van der Waals surface area contributed by atoms with Crippen molar-refractivity contribution in [2.45, 2.75) is 33.5 Å². The first-order valence-electron chi connectivity index (χ1n) is 8.45. The molecule has 3 rings (SSSR count). The molecule has 0 saturated carbocycles. The van der Waals surface area contributed by atoms with Gasteiger partial charge in [0.15, 0.2) is 0 Å². The first-order valence-corrected chi connectivity index (χ1v) is 8.45. The molecule has 0 spiro atoms. The molecule has 0 aliphatic carbocycles. The Morgan fingerprint density at radius 3 is 2.52 bits per heavy atom. The van der Waals surface area contributed by atoms with Crippen LogP contribution in [0.15, 0.2) is 46.9 Å². The van der Waals surface area contributed by atoms with E-state index in [2.05, 4.69) is 0 Å². The molecule has 0 atom stereocenters. The lowest BCUT2D eigenvalue weighted by Gasteiger charge is -2.08. The SMILES string of the molecule is Cc1oc2ccc(OCc3ccc([N+](=O)[O-])cc3)cc2c1C(=O)OC(C)C. The first-order chi connectivity index (χ1) is 12.8. The maximum atomic E-state index is 12.4. The van der Waals surface area contributed by atoms with E-state index < -0.39 is 10.9 Å². The monoisotopic (exact) mass is 369 g/mol. The zero-order chi connectivity index (χ0) is 19.6. The van der Waals surface area contributed by atoms with E-state index in [-0.39, 0.29) is 18.4 Å². The van der Waals surface area contributed by atoms with Gasteiger partial charge in [-0.1, -0.05) is 0 Å². The summed E-state index contributed by atoms with van der Waals surface area (Å²) in [6, 6.07) is 11.4. The highest BCUT2D eigenvalue weighted by atomic mass is 16.6. The van der Waals surface area contributed by atoms with E-state index in [4.69, 9.17) is 13.9 Å². The molecule has 0 aliphatic heterocycles. The molecule has 7 heteroatoms. The van der Waals surface area contributed by atoms with Gasteiger partial charge in [0.2, 0.25) is 0 Å². The zero-order valence-electron chi connectivity index (χ0n) is 15.2. The van der Waals surface area contributed by atoms with Crippen molar-refractivity contribution >= 4 is 22.6 Å². The molecule has 140 valence electrons. The minimum Gasteiger partial charge on any atom is -0.489 e. The number of rotatable bonds is 6. The summed E-state index contributed by atoms with van der Waals surface area (Å²) in [5.41, 5.74) is 1.79. The van der Waals surface area contributed by atoms with E-state index in [1.165, 1.54) is 12.1 Å². The van der Waals surface area contributed by atoms with Crippen molar-refractivity contribution in [1.82, 2.24) is 0 Å². The fourth-order valence-electron chi connectivity index (χ4n) is 2.70. The molecule has 1 aromatic heterocycles. The van der Waals surface area contributed by atoms with Gasteiger partial charge in [0.1, 0.15) is 29.3 Å². The van der Waals surface area contributed by atoms with E-state index in [9.17, 15) is 14.9 Å². The predicted octanol–water partition coefficient (Wildman–Crippen LogP) is 4.79. The van der Waals surface area contributed by atoms with Crippen LogP contribution in [0, 0.1) is 17.0 Å². The van der Waals surface area contributed by atoms with Crippen molar-refractivity contribution in [3.05, 3.63) is 69.5 Å². The van der Waals surface area contributed by atoms with Crippen LogP contribution in [0.2, 0.25) is 0 Å². The van der Waals surface area contributed by atoms with E-state index in [0.29, 0.717) is 28.0 Å². The highest BCUT2D eigenvalue weighted by Crippen LogP contribution is 2.30. The maximum Gasteiger partial charge on any atom is 0.342 e. The van der Waals surface area contributed by atoms with Gasteiger partial charge in [0.05, 0.1) is 11.0 Å². The van der Waals surface area contributed by atoms with Crippen molar-refractivity contribution < 1.29 is 23.6 Å². The van der Waals surface area contributed by atoms with Crippen LogP contribution in [0.25, 0.3) is 11.0 Å². The third kappa shape index (κ3) is 4.08. The molecule has 27 heavy (non-hydrogen) atoms. The largest absolute Gasteiger partial charge is 0.489 e. The fraction of sp³-hybridized carbons (Fsp3) is 0.250. The van der Waals surface area contributed by atoms with Gasteiger partial charge in [0.25, 0.3) is 5.69 Å². The van der Waals surface area contributed by atoms with Gasteiger partial charge in [-0.25, -0.2) is 4.79 Å². The van der Waals surface area contributed by atoms with Crippen LogP contribution in [-0.2, 0) is 11.3 Å². The number of carbonyl (C=O) groups excluding carboxylic acids is 1. The Hall–Kier alpha value is -3.35. The van der Waals surface area contributed by atoms with Gasteiger partial charge in [-0.05, 0) is 56.7 Å². The topological polar surface area (TPSA) is 91.8 Å². The van der Waals surface area contributed by atoms with Crippen LogP contribution in [0.3, 0.4) is 0 Å². The molecular weight excluding hydrogens is 350 g/mol. The summed E-state index contributed by atoms with van der Waals surface area (Å²) in [7, 11) is 0. The summed E-state index contributed by atoms with van der Waals surface area (Å²) >= 11 is 0. The maximum absolute atomic E-state index is 12.4. The number of aryl methyl sites for hydroxylation is 1. The van der Waals surface area contributed by atoms with Gasteiger partial charge in [0, 0.05) is 17.5 Å². The molecule has 0 radical (unpaired) electrons. The summed E-state index contributed by atoms with van der Waals surface area (Å²) in [5, 5.41) is 11.3. The van der Waals surface area contributed by atoms with Gasteiger partial charge in [-0.2, -0.15) is 0 Å². The lowest BCUT2D eigenvalue weighted by atomic mass is 10.1. The number of fused-ring (bicyclic) bond motifs is 1. The van der Waals surface area contributed by atoms with Crippen LogP contribution in [0.4, 0.5) is 5.69 Å². The van der Waals surface area contributed by atoms with Crippen molar-refractivity contribution in [1.29, 1.82) is 0 Å². The lowest BCUT2D eigenvalue weighted by Crippen LogP contribution is -2.12. The first kappa shape index (κ1) is 18.4. The number of nitro groups is 1. The van der Waals surface area contributed by atoms with Crippen LogP contribution < -0.4 is 4.74 Å². The minimum atomic E-state index is -0.447. The predicted molar refractivity (Wildman–Crippen MR) is 98.9 cm³/mol. The van der Waals surface area contributed by atoms with Gasteiger partial charge in [-0.3, -0.25) is 10.1 Å². The Morgan fingerprint density at radius 2 is 1.89 bits per heavy atom. The third-order valence-electron chi connectivity index (χ3n) is 3.94. The number of nitrogens with zero attached hydrogens (tertiary/aromatic N) is 1. The summed E-state index contributed by atoms with van der Waals surface area (Å²) in [4.78, 5) is 22.6. The Balaban J connectivity index is 1.81. The molecule has 0 fully saturated rings. The summed E-state index contributed by atoms with van der Waals surface area (Å²) < 4.78 is 16.7. The number of nitro benzene ring substituents is 1. The number of non-ortho nitro benzene ring substituents is 1. The zero-order valence-corrected chi connectivity index (χ0v) is 15.2. The summed E-state index contributed by atoms with van der Waals surface area (Å²) in [5.74, 6) is 0.609. The molecular formula is C20H19NO6. The van der Waals surface area contributed by atoms with Gasteiger partial charge >= 0.3 is 5.97 Å². The molecule has 0 saturated heterocycles. The second-order valence-corrected chi connectivity index (χ2v) is 6.36. The van der Waals surface area contributed by atoms with Gasteiger partial charge < -0.3 is 13.9 Å². The smallest absolute Gasteiger partial charge is 0.342 e. The number of hydrogen-bond acceptors (Lipinski definition) is 6. The molecule has 2 aromatic carbocycles. The fourth-order valence-corrected chi connectivity index (χ4v) is 2.70. The number of furan rings is 1. The highest BCUT2D eigenvalue weighted by molar-refractivity contribution is 6.04. The van der Waals surface area contributed by atoms with E-state index in [1.807, 2.05) is 0 Å². The van der Waals surface area contributed by atoms with Crippen LogP contribution in [-0.4, -0.2) is 17.0 Å². The van der Waals surface area contributed by atoms with E-state index >= 15 is 0 Å². The molecule has 0 aliphatic rings. The Morgan fingerprint density at radius 1 is 1.19 bits per heavy atom. The number of carbonyl (C=O) groups is 1. The minimum absolute atomic E-state index is 0.0300. The molecule has 0 N–H and O–H groups in total. The van der Waals surface area contributed by atoms with Crippen molar-refractivity contribution in [2.75, 3.05) is 0 Å². The molecule has 0 unspecified atom stereocenters. The second-order valence-electron chi connectivity index (χ2n) is 6.36. The lowest BCUT2D eigenvalue weighted by molar-refractivity contribution is -0.384. The van der Waals surface area contributed by atoms with Gasteiger partial charge in [-0.15, -0.1) is 0 Å². The Kier molecular flexibility index (Phi) is 5.12. The molecule has 3 aromatic rings. The number of hydrogen-bond donors (Lipinski definition) is 0. The Labute approximate surface area is 155 Å². The summed E-state index contributed by atoms with van der Waals surface area (Å²) in [6.07, 6.45) is -0.233. The number of esters is 1. The average molecular weight is 369 g/mol. The van der Waals surface area contributed by atoms with Crippen molar-refractivity contribution in [2.24, 2.45) is 0 Å². The van der Waals surface area contributed by atoms with Crippen LogP contribution in [0.1, 0.15) is 35.5 Å². The molecule has 7 nitrogen and oxygen atoms in total. The Bertz CT molecular complexity index is 988. The van der Waals surface area contributed by atoms with E-state index in [1.54, 1.807) is 51.1 Å². The number of ether oxygens (including phenoxy) is 2. The van der Waals surface area contributed by atoms with Crippen molar-refractivity contribution in [3.8, 4) is 5.75 Å². The van der Waals surface area contributed by atoms with Crippen LogP contribution >= 0.6 is 0 Å². The number of benzene rings is 2. The normalized spacial score (nSPS) is 11.0. The molecule has 1 heterocycles. The second kappa shape index (κ2) is 7.49. The van der Waals surface area contributed by atoms with E-state index in [0.717, 1.165) is 5.56 Å². The standard InChI is InChI=1S/C20H19NO6/c1-12(2)26-20(22)19-13(3)27-18-9-8-16(10-17(18)19)25-11-14-4-6-15(7-5-14)21(23)24/h4-10,12H,11H2,1-3H3. The molecule has 0 amide bonds. The van der Waals surface area contributed by atoms with Crippen LogP contribution in [0.5, 0.6) is 5.75 Å². The average Bonchev–Trinajstić information content (AvgIpc) is 2.94. The third-order valence-corrected chi connectivity index (χ3v) is 3.94.